The number of ether oxygens (including phenoxy) is 2. The highest BCUT2D eigenvalue weighted by Gasteiger charge is 2.09. The molecule has 0 bridgehead atoms. The first-order chi connectivity index (χ1) is 11.2. The Kier molecular flexibility index (Phi) is 4.28. The molecule has 5 heteroatoms. The van der Waals surface area contributed by atoms with Crippen molar-refractivity contribution < 1.29 is 18.7 Å². The molecule has 3 rings (SSSR count). The van der Waals surface area contributed by atoms with Crippen LogP contribution in [0.3, 0.4) is 0 Å². The second-order valence-electron chi connectivity index (χ2n) is 5.05. The van der Waals surface area contributed by atoms with E-state index in [2.05, 4.69) is 0 Å². The van der Waals surface area contributed by atoms with Crippen molar-refractivity contribution >= 4 is 16.9 Å². The maximum absolute atomic E-state index is 13.5. The summed E-state index contributed by atoms with van der Waals surface area (Å²) in [5.74, 6) is -0.515. The Morgan fingerprint density at radius 3 is 2.78 bits per heavy atom. The molecule has 0 fully saturated rings. The maximum atomic E-state index is 13.5. The minimum atomic E-state index is -0.377. The van der Waals surface area contributed by atoms with Crippen molar-refractivity contribution in [3.8, 4) is 5.75 Å². The van der Waals surface area contributed by atoms with Crippen molar-refractivity contribution in [3.63, 3.8) is 0 Å². The number of aromatic nitrogens is 1. The summed E-state index contributed by atoms with van der Waals surface area (Å²) >= 11 is 0. The van der Waals surface area contributed by atoms with Crippen LogP contribution in [-0.4, -0.2) is 24.3 Å². The third kappa shape index (κ3) is 3.18. The van der Waals surface area contributed by atoms with E-state index >= 15 is 0 Å². The zero-order valence-corrected chi connectivity index (χ0v) is 12.7. The lowest BCUT2D eigenvalue weighted by molar-refractivity contribution is 0.0601. The molecule has 0 amide bonds. The molecule has 118 valence electrons. The number of fused-ring (bicyclic) bond motifs is 1. The standard InChI is InChI=1S/C18H16FNO3/c1-22-18(21)14-7-6-13-8-9-20(16(13)12-14)10-11-23-17-5-3-2-4-15(17)19/h2-9,12H,10-11H2,1H3. The van der Waals surface area contributed by atoms with Gasteiger partial charge in [-0.25, -0.2) is 9.18 Å². The van der Waals surface area contributed by atoms with Gasteiger partial charge in [-0.05, 0) is 35.7 Å². The fourth-order valence-corrected chi connectivity index (χ4v) is 2.44. The lowest BCUT2D eigenvalue weighted by Crippen LogP contribution is -2.08. The van der Waals surface area contributed by atoms with E-state index in [1.807, 2.05) is 22.9 Å². The topological polar surface area (TPSA) is 40.5 Å². The molecule has 0 atom stereocenters. The lowest BCUT2D eigenvalue weighted by Gasteiger charge is -2.09. The van der Waals surface area contributed by atoms with Crippen LogP contribution in [0.15, 0.2) is 54.7 Å². The van der Waals surface area contributed by atoms with Crippen LogP contribution in [0.25, 0.3) is 10.9 Å². The molecule has 0 aliphatic heterocycles. The Bertz CT molecular complexity index is 841. The summed E-state index contributed by atoms with van der Waals surface area (Å²) < 4.78 is 25.7. The number of para-hydroxylation sites is 1. The molecule has 0 spiro atoms. The third-order valence-electron chi connectivity index (χ3n) is 3.62. The van der Waals surface area contributed by atoms with Gasteiger partial charge in [0.05, 0.1) is 19.2 Å². The van der Waals surface area contributed by atoms with Crippen molar-refractivity contribution in [2.24, 2.45) is 0 Å². The number of methoxy groups -OCH3 is 1. The second kappa shape index (κ2) is 6.52. The average molecular weight is 313 g/mol. The molecule has 4 nitrogen and oxygen atoms in total. The predicted octanol–water partition coefficient (Wildman–Crippen LogP) is 3.65. The minimum absolute atomic E-state index is 0.235. The fourth-order valence-electron chi connectivity index (χ4n) is 2.44. The summed E-state index contributed by atoms with van der Waals surface area (Å²) in [5, 5.41) is 1.02. The van der Waals surface area contributed by atoms with Crippen molar-refractivity contribution in [2.45, 2.75) is 6.54 Å². The molecule has 0 radical (unpaired) electrons. The molecule has 0 aliphatic carbocycles. The smallest absolute Gasteiger partial charge is 0.337 e. The first kappa shape index (κ1) is 15.1. The van der Waals surface area contributed by atoms with Crippen LogP contribution in [0.2, 0.25) is 0 Å². The highest BCUT2D eigenvalue weighted by molar-refractivity contribution is 5.94. The Morgan fingerprint density at radius 2 is 2.00 bits per heavy atom. The number of rotatable bonds is 5. The third-order valence-corrected chi connectivity index (χ3v) is 3.62. The van der Waals surface area contributed by atoms with Crippen LogP contribution in [0.4, 0.5) is 4.39 Å². The molecule has 3 aromatic rings. The zero-order chi connectivity index (χ0) is 16.2. The van der Waals surface area contributed by atoms with E-state index in [9.17, 15) is 9.18 Å². The lowest BCUT2D eigenvalue weighted by atomic mass is 10.1. The van der Waals surface area contributed by atoms with Crippen LogP contribution < -0.4 is 4.74 Å². The van der Waals surface area contributed by atoms with E-state index in [4.69, 9.17) is 9.47 Å². The van der Waals surface area contributed by atoms with Crippen LogP contribution in [-0.2, 0) is 11.3 Å². The molecule has 0 aliphatic rings. The van der Waals surface area contributed by atoms with Crippen molar-refractivity contribution in [3.05, 3.63) is 66.1 Å². The Morgan fingerprint density at radius 1 is 1.17 bits per heavy atom. The minimum Gasteiger partial charge on any atom is -0.489 e. The number of halogens is 1. The number of benzene rings is 2. The number of carbonyl (C=O) groups excluding carboxylic acids is 1. The first-order valence-electron chi connectivity index (χ1n) is 7.23. The summed E-state index contributed by atoms with van der Waals surface area (Å²) in [6.45, 7) is 0.871. The van der Waals surface area contributed by atoms with Gasteiger partial charge >= 0.3 is 5.97 Å². The van der Waals surface area contributed by atoms with E-state index < -0.39 is 0 Å². The molecule has 1 heterocycles. The number of esters is 1. The van der Waals surface area contributed by atoms with E-state index in [1.165, 1.54) is 13.2 Å². The summed E-state index contributed by atoms with van der Waals surface area (Å²) in [4.78, 5) is 11.6. The predicted molar refractivity (Wildman–Crippen MR) is 85.2 cm³/mol. The van der Waals surface area contributed by atoms with Gasteiger partial charge in [-0.3, -0.25) is 0 Å². The van der Waals surface area contributed by atoms with Gasteiger partial charge in [-0.1, -0.05) is 18.2 Å². The van der Waals surface area contributed by atoms with Gasteiger partial charge in [0.15, 0.2) is 11.6 Å². The van der Waals surface area contributed by atoms with Gasteiger partial charge in [-0.2, -0.15) is 0 Å². The van der Waals surface area contributed by atoms with Crippen molar-refractivity contribution in [2.75, 3.05) is 13.7 Å². The largest absolute Gasteiger partial charge is 0.489 e. The number of nitrogens with zero attached hydrogens (tertiary/aromatic N) is 1. The van der Waals surface area contributed by atoms with E-state index in [0.717, 1.165) is 10.9 Å². The number of carbonyl (C=O) groups is 1. The Labute approximate surface area is 133 Å². The molecule has 0 saturated carbocycles. The van der Waals surface area contributed by atoms with Crippen LogP contribution in [0.1, 0.15) is 10.4 Å². The van der Waals surface area contributed by atoms with Crippen LogP contribution in [0, 0.1) is 5.82 Å². The van der Waals surface area contributed by atoms with E-state index in [1.54, 1.807) is 30.3 Å². The van der Waals surface area contributed by atoms with Crippen LogP contribution in [0.5, 0.6) is 5.75 Å². The van der Waals surface area contributed by atoms with Gasteiger partial charge < -0.3 is 14.0 Å². The van der Waals surface area contributed by atoms with Gasteiger partial charge in [0.2, 0.25) is 0 Å². The fraction of sp³-hybridized carbons (Fsp3) is 0.167. The normalized spacial score (nSPS) is 10.7. The van der Waals surface area contributed by atoms with Gasteiger partial charge in [0, 0.05) is 11.7 Å². The Balaban J connectivity index is 1.75. The van der Waals surface area contributed by atoms with Gasteiger partial charge in [0.25, 0.3) is 0 Å². The van der Waals surface area contributed by atoms with E-state index in [0.29, 0.717) is 18.7 Å². The first-order valence-corrected chi connectivity index (χ1v) is 7.23. The van der Waals surface area contributed by atoms with Crippen molar-refractivity contribution in [1.82, 2.24) is 4.57 Å². The zero-order valence-electron chi connectivity index (χ0n) is 12.7. The summed E-state index contributed by atoms with van der Waals surface area (Å²) in [5.41, 5.74) is 1.40. The van der Waals surface area contributed by atoms with Gasteiger partial charge in [-0.15, -0.1) is 0 Å². The average Bonchev–Trinajstić information content (AvgIpc) is 2.98. The van der Waals surface area contributed by atoms with Gasteiger partial charge in [0.1, 0.15) is 6.61 Å². The summed E-state index contributed by atoms with van der Waals surface area (Å²) in [6, 6.07) is 13.7. The monoisotopic (exact) mass is 313 g/mol. The molecule has 2 aromatic carbocycles. The number of hydrogen-bond acceptors (Lipinski definition) is 3. The maximum Gasteiger partial charge on any atom is 0.337 e. The quantitative estimate of drug-likeness (QED) is 0.675. The summed E-state index contributed by atoms with van der Waals surface area (Å²) in [6.07, 6.45) is 1.91. The van der Waals surface area contributed by atoms with Crippen LogP contribution >= 0.6 is 0 Å². The molecule has 23 heavy (non-hydrogen) atoms. The Hall–Kier alpha value is -2.82. The molecule has 0 saturated heterocycles. The van der Waals surface area contributed by atoms with Crippen molar-refractivity contribution in [1.29, 1.82) is 0 Å². The molecular weight excluding hydrogens is 297 g/mol. The SMILES string of the molecule is COC(=O)c1ccc2ccn(CCOc3ccccc3F)c2c1. The van der Waals surface area contributed by atoms with E-state index in [-0.39, 0.29) is 17.5 Å². The molecule has 0 unspecified atom stereocenters. The second-order valence-corrected chi connectivity index (χ2v) is 5.05. The molecule has 0 N–H and O–H groups in total. The highest BCUT2D eigenvalue weighted by Crippen LogP contribution is 2.19. The number of hydrogen-bond donors (Lipinski definition) is 0. The summed E-state index contributed by atoms with van der Waals surface area (Å²) in [7, 11) is 1.35. The molecule has 1 aromatic heterocycles. The molecular formula is C18H16FNO3. The highest BCUT2D eigenvalue weighted by atomic mass is 19.1.